The van der Waals surface area contributed by atoms with Crippen molar-refractivity contribution in [2.24, 2.45) is 7.05 Å². The molecule has 0 fully saturated rings. The minimum Gasteiger partial charge on any atom is -0.337 e. The number of nitrogens with zero attached hydrogens (tertiary/aromatic N) is 2. The number of hydrogen-bond donors (Lipinski definition) is 1. The summed E-state index contributed by atoms with van der Waals surface area (Å²) < 4.78 is 2.05. The van der Waals surface area contributed by atoms with Gasteiger partial charge >= 0.3 is 0 Å². The van der Waals surface area contributed by atoms with Crippen LogP contribution in [-0.2, 0) is 13.6 Å². The van der Waals surface area contributed by atoms with Crippen LogP contribution in [0.25, 0.3) is 0 Å². The highest BCUT2D eigenvalue weighted by Gasteiger charge is 1.96. The Kier molecular flexibility index (Phi) is 5.78. The fraction of sp³-hybridized carbons (Fsp3) is 0.583. The van der Waals surface area contributed by atoms with E-state index in [1.165, 1.54) is 19.3 Å². The molecular weight excluding hydrogens is 186 g/mol. The maximum absolute atomic E-state index is 4.25. The van der Waals surface area contributed by atoms with E-state index in [4.69, 9.17) is 0 Å². The zero-order chi connectivity index (χ0) is 10.9. The van der Waals surface area contributed by atoms with Gasteiger partial charge in [-0.05, 0) is 25.8 Å². The second-order valence-electron chi connectivity index (χ2n) is 3.77. The van der Waals surface area contributed by atoms with Crippen LogP contribution < -0.4 is 5.32 Å². The van der Waals surface area contributed by atoms with Crippen LogP contribution >= 0.6 is 0 Å². The lowest BCUT2D eigenvalue weighted by atomic mass is 10.2. The molecule has 1 rings (SSSR count). The van der Waals surface area contributed by atoms with E-state index in [0.717, 1.165) is 25.3 Å². The van der Waals surface area contributed by atoms with E-state index < -0.39 is 0 Å². The second-order valence-corrected chi connectivity index (χ2v) is 3.77. The zero-order valence-electron chi connectivity index (χ0n) is 9.58. The number of nitrogens with one attached hydrogen (secondary N) is 1. The SMILES string of the molecule is C=CCCCCCNCc1nccn1C. The molecule has 0 aliphatic rings. The number of hydrogen-bond acceptors (Lipinski definition) is 2. The molecule has 1 heterocycles. The Balaban J connectivity index is 1.98. The monoisotopic (exact) mass is 207 g/mol. The van der Waals surface area contributed by atoms with Crippen LogP contribution in [-0.4, -0.2) is 16.1 Å². The molecule has 0 saturated heterocycles. The molecule has 0 unspecified atom stereocenters. The van der Waals surface area contributed by atoms with Crippen molar-refractivity contribution >= 4 is 0 Å². The van der Waals surface area contributed by atoms with Gasteiger partial charge in [0, 0.05) is 19.4 Å². The zero-order valence-corrected chi connectivity index (χ0v) is 9.58. The molecule has 0 bridgehead atoms. The van der Waals surface area contributed by atoms with Gasteiger partial charge < -0.3 is 9.88 Å². The summed E-state index contributed by atoms with van der Waals surface area (Å²) in [5.41, 5.74) is 0. The average Bonchev–Trinajstić information content (AvgIpc) is 2.63. The fourth-order valence-corrected chi connectivity index (χ4v) is 1.48. The molecule has 84 valence electrons. The van der Waals surface area contributed by atoms with Crippen molar-refractivity contribution < 1.29 is 0 Å². The molecule has 3 nitrogen and oxygen atoms in total. The molecule has 3 heteroatoms. The van der Waals surface area contributed by atoms with Gasteiger partial charge in [-0.1, -0.05) is 12.5 Å². The van der Waals surface area contributed by atoms with Crippen molar-refractivity contribution in [2.45, 2.75) is 32.2 Å². The molecule has 0 radical (unpaired) electrons. The van der Waals surface area contributed by atoms with Crippen LogP contribution in [0.3, 0.4) is 0 Å². The molecule has 0 aliphatic carbocycles. The largest absolute Gasteiger partial charge is 0.337 e. The van der Waals surface area contributed by atoms with Crippen molar-refractivity contribution in [3.63, 3.8) is 0 Å². The predicted molar refractivity (Wildman–Crippen MR) is 63.6 cm³/mol. The van der Waals surface area contributed by atoms with E-state index in [1.807, 2.05) is 30.1 Å². The lowest BCUT2D eigenvalue weighted by molar-refractivity contribution is 0.585. The Labute approximate surface area is 92.2 Å². The highest BCUT2D eigenvalue weighted by molar-refractivity contribution is 4.90. The molecule has 15 heavy (non-hydrogen) atoms. The average molecular weight is 207 g/mol. The van der Waals surface area contributed by atoms with Crippen LogP contribution in [0.4, 0.5) is 0 Å². The van der Waals surface area contributed by atoms with Crippen LogP contribution in [0, 0.1) is 0 Å². The summed E-state index contributed by atoms with van der Waals surface area (Å²) in [7, 11) is 2.02. The molecule has 1 N–H and O–H groups in total. The number of unbranched alkanes of at least 4 members (excludes halogenated alkanes) is 3. The maximum Gasteiger partial charge on any atom is 0.122 e. The number of aromatic nitrogens is 2. The van der Waals surface area contributed by atoms with E-state index in [9.17, 15) is 0 Å². The topological polar surface area (TPSA) is 29.9 Å². The molecule has 0 atom stereocenters. The van der Waals surface area contributed by atoms with Gasteiger partial charge in [0.25, 0.3) is 0 Å². The Morgan fingerprint density at radius 2 is 2.33 bits per heavy atom. The summed E-state index contributed by atoms with van der Waals surface area (Å²) in [5.74, 6) is 1.10. The first-order valence-electron chi connectivity index (χ1n) is 5.62. The fourth-order valence-electron chi connectivity index (χ4n) is 1.48. The van der Waals surface area contributed by atoms with E-state index in [1.54, 1.807) is 0 Å². The van der Waals surface area contributed by atoms with Gasteiger partial charge in [-0.15, -0.1) is 6.58 Å². The van der Waals surface area contributed by atoms with Gasteiger partial charge in [0.1, 0.15) is 5.82 Å². The van der Waals surface area contributed by atoms with E-state index in [0.29, 0.717) is 0 Å². The normalized spacial score (nSPS) is 10.5. The molecule has 0 aliphatic heterocycles. The van der Waals surface area contributed by atoms with Crippen molar-refractivity contribution in [1.82, 2.24) is 14.9 Å². The Bertz CT molecular complexity index is 278. The summed E-state index contributed by atoms with van der Waals surface area (Å²) in [5, 5.41) is 3.40. The lowest BCUT2D eigenvalue weighted by Crippen LogP contribution is -2.17. The van der Waals surface area contributed by atoms with Crippen LogP contribution in [0.1, 0.15) is 31.5 Å². The summed E-state index contributed by atoms with van der Waals surface area (Å²) >= 11 is 0. The quantitative estimate of drug-likeness (QED) is 0.523. The Morgan fingerprint density at radius 3 is 3.00 bits per heavy atom. The number of imidazole rings is 1. The first-order chi connectivity index (χ1) is 7.34. The maximum atomic E-state index is 4.25. The smallest absolute Gasteiger partial charge is 0.122 e. The third-order valence-corrected chi connectivity index (χ3v) is 2.47. The van der Waals surface area contributed by atoms with Gasteiger partial charge in [0.15, 0.2) is 0 Å². The molecule has 0 amide bonds. The highest BCUT2D eigenvalue weighted by atomic mass is 15.1. The van der Waals surface area contributed by atoms with Crippen molar-refractivity contribution in [3.8, 4) is 0 Å². The molecular formula is C12H21N3. The highest BCUT2D eigenvalue weighted by Crippen LogP contribution is 1.99. The third kappa shape index (κ3) is 4.79. The Morgan fingerprint density at radius 1 is 1.47 bits per heavy atom. The summed E-state index contributed by atoms with van der Waals surface area (Å²) in [6, 6.07) is 0. The van der Waals surface area contributed by atoms with Crippen molar-refractivity contribution in [3.05, 3.63) is 30.9 Å². The number of aryl methyl sites for hydroxylation is 1. The van der Waals surface area contributed by atoms with E-state index in [2.05, 4.69) is 16.9 Å². The van der Waals surface area contributed by atoms with Crippen molar-refractivity contribution in [1.29, 1.82) is 0 Å². The standard InChI is InChI=1S/C12H21N3/c1-3-4-5-6-7-8-13-11-12-14-9-10-15(12)2/h3,9-10,13H,1,4-8,11H2,2H3. The minimum absolute atomic E-state index is 0.866. The van der Waals surface area contributed by atoms with Crippen LogP contribution in [0.5, 0.6) is 0 Å². The van der Waals surface area contributed by atoms with Crippen molar-refractivity contribution in [2.75, 3.05) is 6.54 Å². The summed E-state index contributed by atoms with van der Waals surface area (Å²) in [4.78, 5) is 4.25. The minimum atomic E-state index is 0.866. The Hall–Kier alpha value is -1.09. The molecule has 1 aromatic heterocycles. The van der Waals surface area contributed by atoms with Gasteiger partial charge in [0.05, 0.1) is 6.54 Å². The van der Waals surface area contributed by atoms with Gasteiger partial charge in [-0.3, -0.25) is 0 Å². The van der Waals surface area contributed by atoms with Gasteiger partial charge in [0.2, 0.25) is 0 Å². The van der Waals surface area contributed by atoms with E-state index >= 15 is 0 Å². The summed E-state index contributed by atoms with van der Waals surface area (Å²) in [6.07, 6.45) is 10.7. The van der Waals surface area contributed by atoms with Gasteiger partial charge in [-0.2, -0.15) is 0 Å². The first-order valence-corrected chi connectivity index (χ1v) is 5.62. The molecule has 1 aromatic rings. The number of rotatable bonds is 8. The number of allylic oxidation sites excluding steroid dienone is 1. The predicted octanol–water partition coefficient (Wildman–Crippen LogP) is 2.26. The molecule has 0 spiro atoms. The summed E-state index contributed by atoms with van der Waals surface area (Å²) in [6.45, 7) is 5.65. The molecule has 0 saturated carbocycles. The van der Waals surface area contributed by atoms with Crippen LogP contribution in [0.2, 0.25) is 0 Å². The van der Waals surface area contributed by atoms with Gasteiger partial charge in [-0.25, -0.2) is 4.98 Å². The van der Waals surface area contributed by atoms with Crippen LogP contribution in [0.15, 0.2) is 25.0 Å². The van der Waals surface area contributed by atoms with E-state index in [-0.39, 0.29) is 0 Å². The second kappa shape index (κ2) is 7.23. The lowest BCUT2D eigenvalue weighted by Gasteiger charge is -2.04. The molecule has 0 aromatic carbocycles. The third-order valence-electron chi connectivity index (χ3n) is 2.47. The first kappa shape index (κ1) is 12.0.